The number of carbonyl (C=O) groups is 1. The molecule has 0 radical (unpaired) electrons. The van der Waals surface area contributed by atoms with E-state index in [1.54, 1.807) is 12.4 Å². The van der Waals surface area contributed by atoms with E-state index in [4.69, 9.17) is 4.74 Å². The van der Waals surface area contributed by atoms with Crippen LogP contribution in [-0.2, 0) is 0 Å². The summed E-state index contributed by atoms with van der Waals surface area (Å²) >= 11 is 1.92. The number of carbonyl (C=O) groups excluding carboxylic acids is 1. The van der Waals surface area contributed by atoms with E-state index in [9.17, 15) is 4.79 Å². The van der Waals surface area contributed by atoms with Gasteiger partial charge >= 0.3 is 0 Å². The molecule has 0 bridgehead atoms. The van der Waals surface area contributed by atoms with Gasteiger partial charge in [0, 0.05) is 49.1 Å². The summed E-state index contributed by atoms with van der Waals surface area (Å²) in [5.74, 6) is 1.68. The summed E-state index contributed by atoms with van der Waals surface area (Å²) in [5, 5.41) is 0.998. The smallest absolute Gasteiger partial charge is 0.255 e. The molecule has 0 N–H and O–H groups in total. The van der Waals surface area contributed by atoms with Gasteiger partial charge in [0.25, 0.3) is 5.91 Å². The van der Waals surface area contributed by atoms with Crippen LogP contribution in [0.2, 0.25) is 0 Å². The summed E-state index contributed by atoms with van der Waals surface area (Å²) < 4.78 is 6.11. The average Bonchev–Trinajstić information content (AvgIpc) is 3.11. The summed E-state index contributed by atoms with van der Waals surface area (Å²) in [7, 11) is 0. The summed E-state index contributed by atoms with van der Waals surface area (Å²) in [4.78, 5) is 23.4. The number of fused-ring (bicyclic) bond motifs is 1. The van der Waals surface area contributed by atoms with E-state index in [1.807, 2.05) is 65.2 Å². The van der Waals surface area contributed by atoms with Crippen LogP contribution in [0.1, 0.15) is 16.8 Å². The highest BCUT2D eigenvalue weighted by Crippen LogP contribution is 2.46. The van der Waals surface area contributed by atoms with E-state index in [2.05, 4.69) is 9.97 Å². The second-order valence-corrected chi connectivity index (χ2v) is 8.67. The third-order valence-electron chi connectivity index (χ3n) is 5.18. The van der Waals surface area contributed by atoms with Crippen molar-refractivity contribution in [2.24, 2.45) is 0 Å². The number of hydrogen-bond donors (Lipinski definition) is 0. The zero-order chi connectivity index (χ0) is 18.3. The molecule has 27 heavy (non-hydrogen) atoms. The number of nitrogens with zero attached hydrogens (tertiary/aromatic N) is 3. The number of rotatable bonds is 3. The topological polar surface area (TPSA) is 55.3 Å². The van der Waals surface area contributed by atoms with Crippen molar-refractivity contribution < 1.29 is 9.53 Å². The van der Waals surface area contributed by atoms with Gasteiger partial charge in [0.2, 0.25) is 5.88 Å². The van der Waals surface area contributed by atoms with Gasteiger partial charge in [-0.05, 0) is 18.2 Å². The van der Waals surface area contributed by atoms with Gasteiger partial charge in [0.05, 0.1) is 15.8 Å². The van der Waals surface area contributed by atoms with Crippen LogP contribution in [0.5, 0.6) is 5.88 Å². The number of para-hydroxylation sites is 1. The van der Waals surface area contributed by atoms with Crippen molar-refractivity contribution in [1.29, 1.82) is 0 Å². The average molecular weight is 377 g/mol. The van der Waals surface area contributed by atoms with Crippen LogP contribution in [0.25, 0.3) is 10.9 Å². The lowest BCUT2D eigenvalue weighted by molar-refractivity contribution is 0.0515. The van der Waals surface area contributed by atoms with Gasteiger partial charge < -0.3 is 9.64 Å². The molecule has 5 nitrogen and oxygen atoms in total. The molecule has 1 amide bonds. The molecule has 136 valence electrons. The van der Waals surface area contributed by atoms with Crippen molar-refractivity contribution in [3.63, 3.8) is 0 Å². The lowest BCUT2D eigenvalue weighted by Gasteiger charge is -2.47. The predicted octanol–water partition coefficient (Wildman–Crippen LogP) is 3.41. The Kier molecular flexibility index (Phi) is 4.01. The summed E-state index contributed by atoms with van der Waals surface area (Å²) in [6.45, 7) is 1.54. The second kappa shape index (κ2) is 6.53. The van der Waals surface area contributed by atoms with Crippen molar-refractivity contribution in [1.82, 2.24) is 14.9 Å². The molecule has 0 saturated carbocycles. The first kappa shape index (κ1) is 16.6. The van der Waals surface area contributed by atoms with Crippen molar-refractivity contribution in [3.8, 4) is 5.88 Å². The number of pyridine rings is 2. The van der Waals surface area contributed by atoms with Gasteiger partial charge in [0.1, 0.15) is 6.10 Å². The molecule has 5 rings (SSSR count). The van der Waals surface area contributed by atoms with Crippen LogP contribution >= 0.6 is 11.8 Å². The lowest BCUT2D eigenvalue weighted by Crippen LogP contribution is -2.60. The molecule has 2 aliphatic heterocycles. The van der Waals surface area contributed by atoms with Crippen LogP contribution in [0, 0.1) is 0 Å². The highest BCUT2D eigenvalue weighted by Gasteiger charge is 2.51. The number of amides is 1. The maximum Gasteiger partial charge on any atom is 0.255 e. The molecule has 2 saturated heterocycles. The highest BCUT2D eigenvalue weighted by atomic mass is 32.2. The molecule has 4 heterocycles. The summed E-state index contributed by atoms with van der Waals surface area (Å²) in [5.41, 5.74) is 1.57. The highest BCUT2D eigenvalue weighted by molar-refractivity contribution is 8.01. The minimum atomic E-state index is 0.0635. The number of likely N-dealkylation sites (tertiary alicyclic amines) is 1. The van der Waals surface area contributed by atoms with E-state index >= 15 is 0 Å². The molecular weight excluding hydrogens is 358 g/mol. The van der Waals surface area contributed by atoms with Gasteiger partial charge in [-0.3, -0.25) is 9.78 Å². The fourth-order valence-electron chi connectivity index (χ4n) is 3.85. The number of aromatic nitrogens is 2. The number of thioether (sulfide) groups is 1. The molecule has 6 heteroatoms. The molecule has 1 aromatic carbocycles. The standard InChI is InChI=1S/C21H19N3O2S/c25-20(16-9-15-5-1-2-6-18(15)23-11-16)24-13-21(14-24)10-17(12-27-21)26-19-7-3-4-8-22-19/h1-9,11,17H,10,12-14H2/t17-/m0/s1. The second-order valence-electron chi connectivity index (χ2n) is 7.18. The molecule has 0 aliphatic carbocycles. The quantitative estimate of drug-likeness (QED) is 0.700. The fraction of sp³-hybridized carbons (Fsp3) is 0.286. The minimum Gasteiger partial charge on any atom is -0.473 e. The fourth-order valence-corrected chi connectivity index (χ4v) is 5.37. The van der Waals surface area contributed by atoms with Gasteiger partial charge in [-0.25, -0.2) is 4.98 Å². The summed E-state index contributed by atoms with van der Waals surface area (Å²) in [6, 6.07) is 15.5. The van der Waals surface area contributed by atoms with Crippen molar-refractivity contribution in [2.45, 2.75) is 17.3 Å². The number of ether oxygens (including phenoxy) is 1. The third-order valence-corrected chi connectivity index (χ3v) is 6.76. The Morgan fingerprint density at radius 3 is 2.85 bits per heavy atom. The van der Waals surface area contributed by atoms with Crippen LogP contribution in [0.3, 0.4) is 0 Å². The van der Waals surface area contributed by atoms with Gasteiger partial charge in [-0.15, -0.1) is 11.8 Å². The van der Waals surface area contributed by atoms with Crippen LogP contribution in [0.4, 0.5) is 0 Å². The van der Waals surface area contributed by atoms with Gasteiger partial charge in [-0.1, -0.05) is 24.3 Å². The van der Waals surface area contributed by atoms with Crippen LogP contribution < -0.4 is 4.74 Å². The van der Waals surface area contributed by atoms with Crippen LogP contribution in [0.15, 0.2) is 60.9 Å². The Morgan fingerprint density at radius 2 is 2.00 bits per heavy atom. The predicted molar refractivity (Wildman–Crippen MR) is 106 cm³/mol. The Hall–Kier alpha value is -2.60. The minimum absolute atomic E-state index is 0.0635. The first-order chi connectivity index (χ1) is 13.2. The van der Waals surface area contributed by atoms with Crippen molar-refractivity contribution in [3.05, 3.63) is 66.5 Å². The molecule has 2 aliphatic rings. The molecule has 1 spiro atoms. The van der Waals surface area contributed by atoms with Crippen LogP contribution in [-0.4, -0.2) is 50.5 Å². The largest absolute Gasteiger partial charge is 0.473 e. The van der Waals surface area contributed by atoms with E-state index in [0.717, 1.165) is 36.2 Å². The number of hydrogen-bond acceptors (Lipinski definition) is 5. The van der Waals surface area contributed by atoms with Gasteiger partial charge in [0.15, 0.2) is 0 Å². The zero-order valence-electron chi connectivity index (χ0n) is 14.7. The Morgan fingerprint density at radius 1 is 1.15 bits per heavy atom. The van der Waals surface area contributed by atoms with E-state index in [-0.39, 0.29) is 16.8 Å². The maximum atomic E-state index is 12.8. The van der Waals surface area contributed by atoms with E-state index in [0.29, 0.717) is 11.4 Å². The Balaban J connectivity index is 1.23. The molecule has 0 unspecified atom stereocenters. The zero-order valence-corrected chi connectivity index (χ0v) is 15.6. The molecule has 3 aromatic rings. The molecular formula is C21H19N3O2S. The first-order valence-electron chi connectivity index (χ1n) is 9.07. The maximum absolute atomic E-state index is 12.8. The number of benzene rings is 1. The Labute approximate surface area is 161 Å². The normalized spacial score (nSPS) is 20.6. The van der Waals surface area contributed by atoms with E-state index in [1.165, 1.54) is 0 Å². The van der Waals surface area contributed by atoms with Crippen molar-refractivity contribution >= 4 is 28.6 Å². The van der Waals surface area contributed by atoms with Gasteiger partial charge in [-0.2, -0.15) is 0 Å². The van der Waals surface area contributed by atoms with E-state index < -0.39 is 0 Å². The first-order valence-corrected chi connectivity index (χ1v) is 10.1. The molecule has 2 aromatic heterocycles. The molecule has 1 atom stereocenters. The summed E-state index contributed by atoms with van der Waals surface area (Å²) in [6.07, 6.45) is 4.54. The Bertz CT molecular complexity index is 989. The lowest BCUT2D eigenvalue weighted by atomic mass is 9.92. The SMILES string of the molecule is O=C(c1cnc2ccccc2c1)N1CC2(C[C@H](Oc3ccccn3)CS2)C1. The molecule has 2 fully saturated rings. The third kappa shape index (κ3) is 3.14. The monoisotopic (exact) mass is 377 g/mol. The van der Waals surface area contributed by atoms with Crippen molar-refractivity contribution in [2.75, 3.05) is 18.8 Å².